The zero-order valence-corrected chi connectivity index (χ0v) is 15.7. The van der Waals surface area contributed by atoms with Crippen molar-refractivity contribution in [3.05, 3.63) is 47.5 Å². The van der Waals surface area contributed by atoms with E-state index in [1.54, 1.807) is 21.3 Å². The number of rotatable bonds is 6. The molecule has 2 N–H and O–H groups in total. The number of carbonyl (C=O) groups is 1. The molecular weight excluding hydrogens is 348 g/mol. The Hall–Kier alpha value is -3.09. The van der Waals surface area contributed by atoms with E-state index in [9.17, 15) is 4.79 Å². The lowest BCUT2D eigenvalue weighted by Gasteiger charge is -2.26. The van der Waals surface area contributed by atoms with Gasteiger partial charge in [-0.1, -0.05) is 0 Å². The molecule has 27 heavy (non-hydrogen) atoms. The highest BCUT2D eigenvalue weighted by Crippen LogP contribution is 2.28. The summed E-state index contributed by atoms with van der Waals surface area (Å²) in [5, 5.41) is 5.80. The van der Waals surface area contributed by atoms with E-state index in [1.165, 1.54) is 0 Å². The van der Waals surface area contributed by atoms with Crippen LogP contribution in [0, 0.1) is 0 Å². The number of fused-ring (bicyclic) bond motifs is 1. The summed E-state index contributed by atoms with van der Waals surface area (Å²) in [4.78, 5) is 12.3. The number of methoxy groups -OCH3 is 3. The molecule has 0 saturated heterocycles. The lowest BCUT2D eigenvalue weighted by Crippen LogP contribution is -2.47. The zero-order chi connectivity index (χ0) is 19.2. The molecule has 1 unspecified atom stereocenters. The molecule has 7 heteroatoms. The number of urea groups is 1. The van der Waals surface area contributed by atoms with Crippen LogP contribution in [0.15, 0.2) is 36.4 Å². The third-order valence-corrected chi connectivity index (χ3v) is 4.44. The van der Waals surface area contributed by atoms with Crippen molar-refractivity contribution in [2.45, 2.75) is 19.0 Å². The molecule has 1 aliphatic rings. The Morgan fingerprint density at radius 3 is 2.56 bits per heavy atom. The average molecular weight is 372 g/mol. The predicted molar refractivity (Wildman–Crippen MR) is 101 cm³/mol. The maximum absolute atomic E-state index is 12.3. The van der Waals surface area contributed by atoms with E-state index in [2.05, 4.69) is 10.6 Å². The zero-order valence-electron chi connectivity index (χ0n) is 15.7. The van der Waals surface area contributed by atoms with Gasteiger partial charge in [0.15, 0.2) is 0 Å². The molecule has 1 atom stereocenters. The number of benzene rings is 2. The number of hydrogen-bond donors (Lipinski definition) is 2. The Labute approximate surface area is 158 Å². The number of amides is 2. The maximum atomic E-state index is 12.3. The van der Waals surface area contributed by atoms with Crippen molar-refractivity contribution in [2.24, 2.45) is 0 Å². The summed E-state index contributed by atoms with van der Waals surface area (Å²) in [6, 6.07) is 10.8. The van der Waals surface area contributed by atoms with Crippen LogP contribution in [-0.4, -0.2) is 40.0 Å². The molecule has 1 heterocycles. The highest BCUT2D eigenvalue weighted by molar-refractivity contribution is 5.74. The fourth-order valence-electron chi connectivity index (χ4n) is 3.02. The minimum absolute atomic E-state index is 0.114. The Morgan fingerprint density at radius 1 is 1.07 bits per heavy atom. The number of hydrogen-bond acceptors (Lipinski definition) is 5. The molecule has 7 nitrogen and oxygen atoms in total. The highest BCUT2D eigenvalue weighted by Gasteiger charge is 2.22. The second kappa shape index (κ2) is 8.53. The van der Waals surface area contributed by atoms with Crippen molar-refractivity contribution in [3.63, 3.8) is 0 Å². The molecular formula is C20H24N2O5. The van der Waals surface area contributed by atoms with Gasteiger partial charge in [0, 0.05) is 12.1 Å². The van der Waals surface area contributed by atoms with Crippen LogP contribution in [0.2, 0.25) is 0 Å². The topological polar surface area (TPSA) is 78.1 Å². The van der Waals surface area contributed by atoms with Crippen molar-refractivity contribution in [1.82, 2.24) is 10.6 Å². The second-order valence-corrected chi connectivity index (χ2v) is 6.19. The van der Waals surface area contributed by atoms with Gasteiger partial charge < -0.3 is 29.6 Å². The highest BCUT2D eigenvalue weighted by atomic mass is 16.5. The van der Waals surface area contributed by atoms with Crippen LogP contribution in [0.3, 0.4) is 0 Å². The smallest absolute Gasteiger partial charge is 0.315 e. The van der Waals surface area contributed by atoms with Crippen LogP contribution in [0.1, 0.15) is 11.1 Å². The van der Waals surface area contributed by atoms with Crippen LogP contribution in [-0.2, 0) is 13.0 Å². The van der Waals surface area contributed by atoms with E-state index in [0.29, 0.717) is 31.1 Å². The SMILES string of the molecule is COc1ccc(OC)c(CNC(=O)NC2COc3ccc(OC)cc3C2)c1. The van der Waals surface area contributed by atoms with Gasteiger partial charge in [0.2, 0.25) is 0 Å². The fourth-order valence-corrected chi connectivity index (χ4v) is 3.02. The van der Waals surface area contributed by atoms with E-state index < -0.39 is 0 Å². The van der Waals surface area contributed by atoms with E-state index in [0.717, 1.165) is 22.6 Å². The van der Waals surface area contributed by atoms with Crippen molar-refractivity contribution in [1.29, 1.82) is 0 Å². The van der Waals surface area contributed by atoms with Crippen LogP contribution >= 0.6 is 0 Å². The van der Waals surface area contributed by atoms with Gasteiger partial charge in [-0.05, 0) is 48.4 Å². The fraction of sp³-hybridized carbons (Fsp3) is 0.350. The van der Waals surface area contributed by atoms with Crippen LogP contribution in [0.4, 0.5) is 4.79 Å². The maximum Gasteiger partial charge on any atom is 0.315 e. The molecule has 0 spiro atoms. The number of nitrogens with one attached hydrogen (secondary N) is 2. The summed E-state index contributed by atoms with van der Waals surface area (Å²) >= 11 is 0. The molecule has 0 bridgehead atoms. The van der Waals surface area contributed by atoms with Gasteiger partial charge in [0.25, 0.3) is 0 Å². The first-order valence-electron chi connectivity index (χ1n) is 8.68. The Kier molecular flexibility index (Phi) is 5.90. The molecule has 0 saturated carbocycles. The Morgan fingerprint density at radius 2 is 1.81 bits per heavy atom. The van der Waals surface area contributed by atoms with Crippen molar-refractivity contribution >= 4 is 6.03 Å². The summed E-state index contributed by atoms with van der Waals surface area (Å²) in [5.41, 5.74) is 1.85. The summed E-state index contributed by atoms with van der Waals surface area (Å²) < 4.78 is 21.5. The molecule has 2 aromatic carbocycles. The van der Waals surface area contributed by atoms with Crippen LogP contribution in [0.25, 0.3) is 0 Å². The van der Waals surface area contributed by atoms with Gasteiger partial charge in [-0.2, -0.15) is 0 Å². The average Bonchev–Trinajstić information content (AvgIpc) is 2.71. The van der Waals surface area contributed by atoms with Crippen molar-refractivity contribution in [2.75, 3.05) is 27.9 Å². The van der Waals surface area contributed by atoms with Gasteiger partial charge in [0.1, 0.15) is 29.6 Å². The third kappa shape index (κ3) is 4.55. The summed E-state index contributed by atoms with van der Waals surface area (Å²) in [6.45, 7) is 0.749. The first-order chi connectivity index (χ1) is 13.1. The van der Waals surface area contributed by atoms with Gasteiger partial charge in [-0.3, -0.25) is 0 Å². The summed E-state index contributed by atoms with van der Waals surface area (Å²) in [7, 11) is 4.82. The molecule has 0 aliphatic carbocycles. The van der Waals surface area contributed by atoms with Gasteiger partial charge in [-0.25, -0.2) is 4.79 Å². The largest absolute Gasteiger partial charge is 0.497 e. The molecule has 1 aliphatic heterocycles. The predicted octanol–water partition coefficient (Wildman–Crippen LogP) is 2.52. The molecule has 0 aromatic heterocycles. The molecule has 0 fully saturated rings. The second-order valence-electron chi connectivity index (χ2n) is 6.19. The molecule has 2 amide bonds. The summed E-state index contributed by atoms with van der Waals surface area (Å²) in [6.07, 6.45) is 0.683. The third-order valence-electron chi connectivity index (χ3n) is 4.44. The van der Waals surface area contributed by atoms with E-state index in [-0.39, 0.29) is 12.1 Å². The normalized spacial score (nSPS) is 15.1. The molecule has 144 valence electrons. The van der Waals surface area contributed by atoms with E-state index in [4.69, 9.17) is 18.9 Å². The van der Waals surface area contributed by atoms with E-state index in [1.807, 2.05) is 36.4 Å². The molecule has 3 rings (SSSR count). The van der Waals surface area contributed by atoms with Gasteiger partial charge in [0.05, 0.1) is 27.4 Å². The monoisotopic (exact) mass is 372 g/mol. The van der Waals surface area contributed by atoms with E-state index >= 15 is 0 Å². The lowest BCUT2D eigenvalue weighted by atomic mass is 10.0. The quantitative estimate of drug-likeness (QED) is 0.815. The summed E-state index contributed by atoms with van der Waals surface area (Å²) in [5.74, 6) is 3.00. The van der Waals surface area contributed by atoms with Crippen LogP contribution in [0.5, 0.6) is 23.0 Å². The number of carbonyl (C=O) groups excluding carboxylic acids is 1. The minimum Gasteiger partial charge on any atom is -0.497 e. The Balaban J connectivity index is 1.57. The Bertz CT molecular complexity index is 809. The first-order valence-corrected chi connectivity index (χ1v) is 8.68. The van der Waals surface area contributed by atoms with Crippen molar-refractivity contribution in [3.8, 4) is 23.0 Å². The van der Waals surface area contributed by atoms with Crippen LogP contribution < -0.4 is 29.6 Å². The van der Waals surface area contributed by atoms with Gasteiger partial charge >= 0.3 is 6.03 Å². The molecule has 0 radical (unpaired) electrons. The van der Waals surface area contributed by atoms with Gasteiger partial charge in [-0.15, -0.1) is 0 Å². The lowest BCUT2D eigenvalue weighted by molar-refractivity contribution is 0.214. The minimum atomic E-state index is -0.264. The number of ether oxygens (including phenoxy) is 4. The first kappa shape index (κ1) is 18.7. The van der Waals surface area contributed by atoms with Crippen molar-refractivity contribution < 1.29 is 23.7 Å². The standard InChI is InChI=1S/C20H24N2O5/c1-24-16-5-7-19-13(9-16)8-15(12-27-19)22-20(23)21-11-14-10-17(25-2)4-6-18(14)26-3/h4-7,9-10,15H,8,11-12H2,1-3H3,(H2,21,22,23). The molecule has 2 aromatic rings.